The van der Waals surface area contributed by atoms with E-state index in [2.05, 4.69) is 10.4 Å². The van der Waals surface area contributed by atoms with Crippen molar-refractivity contribution in [1.82, 2.24) is 9.66 Å². The summed E-state index contributed by atoms with van der Waals surface area (Å²) in [5.41, 5.74) is 0.759. The highest BCUT2D eigenvalue weighted by molar-refractivity contribution is 5.76. The molecule has 0 saturated carbocycles. The maximum absolute atomic E-state index is 11.3. The number of rotatable bonds is 1. The van der Waals surface area contributed by atoms with Crippen LogP contribution in [0.1, 0.15) is 26.5 Å². The highest BCUT2D eigenvalue weighted by Crippen LogP contribution is 2.06. The van der Waals surface area contributed by atoms with Crippen LogP contribution in [0.2, 0.25) is 0 Å². The molecule has 0 aliphatic heterocycles. The van der Waals surface area contributed by atoms with Crippen LogP contribution < -0.4 is 11.1 Å². The molecule has 0 aliphatic rings. The fourth-order valence-electron chi connectivity index (χ4n) is 0.950. The Hall–Kier alpha value is -2.36. The van der Waals surface area contributed by atoms with Gasteiger partial charge in [0.25, 0.3) is 0 Å². The molecule has 0 aromatic carbocycles. The van der Waals surface area contributed by atoms with E-state index in [0.29, 0.717) is 0 Å². The number of hydrogen-bond acceptors (Lipinski definition) is 5. The highest BCUT2D eigenvalue weighted by Gasteiger charge is 2.16. The first-order chi connectivity index (χ1) is 7.81. The molecule has 1 rings (SSSR count). The quantitative estimate of drug-likeness (QED) is 0.769. The van der Waals surface area contributed by atoms with E-state index in [4.69, 9.17) is 10.00 Å². The Kier molecular flexibility index (Phi) is 3.48. The molecule has 1 aromatic heterocycles. The second-order valence-corrected chi connectivity index (χ2v) is 4.19. The second-order valence-electron chi connectivity index (χ2n) is 4.19. The van der Waals surface area contributed by atoms with E-state index < -0.39 is 17.4 Å². The molecule has 0 bridgehead atoms. The third-order valence-electron chi connectivity index (χ3n) is 1.53. The zero-order valence-corrected chi connectivity index (χ0v) is 9.72. The van der Waals surface area contributed by atoms with Crippen molar-refractivity contribution in [3.63, 3.8) is 0 Å². The molecule has 90 valence electrons. The van der Waals surface area contributed by atoms with E-state index in [9.17, 15) is 9.59 Å². The summed E-state index contributed by atoms with van der Waals surface area (Å²) in [6, 6.07) is 3.02. The van der Waals surface area contributed by atoms with Crippen LogP contribution in [0.15, 0.2) is 17.1 Å². The van der Waals surface area contributed by atoms with Crippen molar-refractivity contribution in [2.75, 3.05) is 5.43 Å². The lowest BCUT2D eigenvalue weighted by Gasteiger charge is -2.19. The van der Waals surface area contributed by atoms with Crippen LogP contribution in [0.3, 0.4) is 0 Å². The number of carbonyl (C=O) groups excluding carboxylic acids is 1. The van der Waals surface area contributed by atoms with Gasteiger partial charge in [-0.2, -0.15) is 10.2 Å². The number of amides is 1. The predicted molar refractivity (Wildman–Crippen MR) is 58.8 cm³/mol. The first kappa shape index (κ1) is 12.7. The second kappa shape index (κ2) is 4.65. The van der Waals surface area contributed by atoms with Crippen LogP contribution in [0.4, 0.5) is 4.79 Å². The van der Waals surface area contributed by atoms with Gasteiger partial charge in [0, 0.05) is 6.20 Å². The minimum atomic E-state index is -0.772. The molecule has 0 aliphatic carbocycles. The van der Waals surface area contributed by atoms with Crippen LogP contribution in [0, 0.1) is 11.3 Å². The largest absolute Gasteiger partial charge is 0.443 e. The summed E-state index contributed by atoms with van der Waals surface area (Å²) in [6.45, 7) is 5.10. The lowest BCUT2D eigenvalue weighted by Crippen LogP contribution is -2.37. The summed E-state index contributed by atoms with van der Waals surface area (Å²) in [5.74, 6) is 0. The van der Waals surface area contributed by atoms with Gasteiger partial charge < -0.3 is 4.74 Å². The highest BCUT2D eigenvalue weighted by atomic mass is 16.6. The lowest BCUT2D eigenvalue weighted by atomic mass is 10.2. The van der Waals surface area contributed by atoms with E-state index in [1.165, 1.54) is 12.3 Å². The van der Waals surface area contributed by atoms with Crippen LogP contribution in [-0.2, 0) is 4.74 Å². The van der Waals surface area contributed by atoms with Gasteiger partial charge in [0.2, 0.25) is 0 Å². The van der Waals surface area contributed by atoms with E-state index in [0.717, 1.165) is 4.68 Å². The molecule has 0 spiro atoms. The van der Waals surface area contributed by atoms with Gasteiger partial charge in [-0.3, -0.25) is 0 Å². The molecule has 7 nitrogen and oxygen atoms in total. The molecule has 0 atom stereocenters. The molecule has 1 amide bonds. The van der Waals surface area contributed by atoms with Gasteiger partial charge in [-0.05, 0) is 26.8 Å². The van der Waals surface area contributed by atoms with Crippen molar-refractivity contribution in [2.24, 2.45) is 0 Å². The molecule has 1 aromatic rings. The molecule has 7 heteroatoms. The normalized spacial score (nSPS) is 10.5. The van der Waals surface area contributed by atoms with Crippen molar-refractivity contribution in [3.05, 3.63) is 28.4 Å². The average molecular weight is 236 g/mol. The maximum Gasteiger partial charge on any atom is 0.427 e. The summed E-state index contributed by atoms with van der Waals surface area (Å²) in [6.07, 6.45) is 0.462. The first-order valence-electron chi connectivity index (χ1n) is 4.81. The van der Waals surface area contributed by atoms with Gasteiger partial charge in [0.05, 0.1) is 0 Å². The van der Waals surface area contributed by atoms with Gasteiger partial charge in [-0.25, -0.2) is 19.7 Å². The molecule has 1 N–H and O–H groups in total. The van der Waals surface area contributed by atoms with Crippen molar-refractivity contribution in [3.8, 4) is 6.07 Å². The molecule has 0 saturated heterocycles. The van der Waals surface area contributed by atoms with Crippen LogP contribution in [0.5, 0.6) is 0 Å². The smallest absolute Gasteiger partial charge is 0.427 e. The fraction of sp³-hybridized carbons (Fsp3) is 0.400. The third-order valence-corrected chi connectivity index (χ3v) is 1.53. The number of hydrogen-bond donors (Lipinski definition) is 1. The molecular formula is C10H12N4O3. The van der Waals surface area contributed by atoms with Crippen molar-refractivity contribution in [2.45, 2.75) is 26.4 Å². The predicted octanol–water partition coefficient (Wildman–Crippen LogP) is 0.594. The molecule has 17 heavy (non-hydrogen) atoms. The summed E-state index contributed by atoms with van der Waals surface area (Å²) < 4.78 is 5.79. The summed E-state index contributed by atoms with van der Waals surface area (Å²) >= 11 is 0. The van der Waals surface area contributed by atoms with Crippen molar-refractivity contribution < 1.29 is 9.53 Å². The number of ether oxygens (including phenoxy) is 1. The van der Waals surface area contributed by atoms with Gasteiger partial charge in [-0.15, -0.1) is 0 Å². The molecular weight excluding hydrogens is 224 g/mol. The first-order valence-corrected chi connectivity index (χ1v) is 4.81. The number of nitrogens with zero attached hydrogens (tertiary/aromatic N) is 3. The molecule has 1 heterocycles. The third kappa shape index (κ3) is 3.95. The zero-order chi connectivity index (χ0) is 13.1. The molecule has 0 fully saturated rings. The topological polar surface area (TPSA) is 97.0 Å². The van der Waals surface area contributed by atoms with E-state index in [-0.39, 0.29) is 5.69 Å². The number of nitriles is 1. The Balaban J connectivity index is 2.80. The van der Waals surface area contributed by atoms with Gasteiger partial charge in [0.15, 0.2) is 0 Å². The van der Waals surface area contributed by atoms with Gasteiger partial charge in [-0.1, -0.05) is 0 Å². The standard InChI is InChI=1S/C10H12N4O3/c1-10(2,3)17-9(16)13-14-5-4-7(6-11)12-8(14)15/h4-5H,1-3H3,(H,13,16). The Labute approximate surface area is 97.6 Å². The number of carbonyl (C=O) groups is 1. The Morgan fingerprint density at radius 3 is 2.71 bits per heavy atom. The van der Waals surface area contributed by atoms with Crippen LogP contribution >= 0.6 is 0 Å². The van der Waals surface area contributed by atoms with Crippen molar-refractivity contribution >= 4 is 6.09 Å². The Morgan fingerprint density at radius 1 is 1.59 bits per heavy atom. The average Bonchev–Trinajstić information content (AvgIpc) is 2.18. The van der Waals surface area contributed by atoms with Crippen LogP contribution in [0.25, 0.3) is 0 Å². The summed E-state index contributed by atoms with van der Waals surface area (Å²) in [7, 11) is 0. The molecule has 0 unspecified atom stereocenters. The Bertz CT molecular complexity index is 522. The summed E-state index contributed by atoms with van der Waals surface area (Å²) in [4.78, 5) is 26.1. The fourth-order valence-corrected chi connectivity index (χ4v) is 0.950. The van der Waals surface area contributed by atoms with Gasteiger partial charge in [0.1, 0.15) is 17.4 Å². The van der Waals surface area contributed by atoms with E-state index >= 15 is 0 Å². The molecule has 0 radical (unpaired) electrons. The number of aromatic nitrogens is 2. The van der Waals surface area contributed by atoms with Crippen molar-refractivity contribution in [1.29, 1.82) is 5.26 Å². The minimum absolute atomic E-state index is 0.0164. The summed E-state index contributed by atoms with van der Waals surface area (Å²) in [5, 5.41) is 8.51. The SMILES string of the molecule is CC(C)(C)OC(=O)Nn1ccc(C#N)nc1=O. The zero-order valence-electron chi connectivity index (χ0n) is 9.72. The lowest BCUT2D eigenvalue weighted by molar-refractivity contribution is 0.0611. The number of nitrogens with one attached hydrogen (secondary N) is 1. The van der Waals surface area contributed by atoms with E-state index in [1.807, 2.05) is 0 Å². The van der Waals surface area contributed by atoms with Crippen LogP contribution in [-0.4, -0.2) is 21.4 Å². The van der Waals surface area contributed by atoms with E-state index in [1.54, 1.807) is 26.8 Å². The monoisotopic (exact) mass is 236 g/mol. The minimum Gasteiger partial charge on any atom is -0.443 e. The maximum atomic E-state index is 11.3. The Morgan fingerprint density at radius 2 is 2.24 bits per heavy atom. The van der Waals surface area contributed by atoms with Gasteiger partial charge >= 0.3 is 11.8 Å².